The highest BCUT2D eigenvalue weighted by Crippen LogP contribution is 2.41. The fraction of sp³-hybridized carbons (Fsp3) is 0.500. The Labute approximate surface area is 93.6 Å². The number of para-hydroxylation sites is 1. The number of halogens is 1. The summed E-state index contributed by atoms with van der Waals surface area (Å²) in [7, 11) is 0. The van der Waals surface area contributed by atoms with Crippen LogP contribution in [0.15, 0.2) is 22.7 Å². The van der Waals surface area contributed by atoms with E-state index in [1.165, 1.54) is 5.56 Å². The molecule has 2 heteroatoms. The number of fused-ring (bicyclic) bond motifs is 1. The van der Waals surface area contributed by atoms with Crippen molar-refractivity contribution in [2.45, 2.75) is 26.2 Å². The molecule has 0 aliphatic carbocycles. The van der Waals surface area contributed by atoms with Crippen LogP contribution in [0.1, 0.15) is 31.7 Å². The van der Waals surface area contributed by atoms with Crippen molar-refractivity contribution in [1.29, 1.82) is 0 Å². The molecule has 0 saturated heterocycles. The molecule has 1 aromatic rings. The molecular formula is C12H15BrO. The van der Waals surface area contributed by atoms with Gasteiger partial charge in [-0.15, -0.1) is 0 Å². The van der Waals surface area contributed by atoms with Crippen molar-refractivity contribution in [2.24, 2.45) is 5.92 Å². The van der Waals surface area contributed by atoms with Gasteiger partial charge in [0, 0.05) is 0 Å². The molecule has 0 fully saturated rings. The molecule has 2 rings (SSSR count). The van der Waals surface area contributed by atoms with Gasteiger partial charge >= 0.3 is 0 Å². The first kappa shape index (κ1) is 10.0. The third-order valence-electron chi connectivity index (χ3n) is 2.88. The third-order valence-corrected chi connectivity index (χ3v) is 3.50. The molecule has 1 unspecified atom stereocenters. The maximum Gasteiger partial charge on any atom is 0.136 e. The largest absolute Gasteiger partial charge is 0.492 e. The maximum atomic E-state index is 5.69. The van der Waals surface area contributed by atoms with E-state index in [0.29, 0.717) is 11.8 Å². The van der Waals surface area contributed by atoms with Crippen LogP contribution in [0.25, 0.3) is 0 Å². The van der Waals surface area contributed by atoms with Crippen LogP contribution in [0.2, 0.25) is 0 Å². The molecule has 1 atom stereocenters. The lowest BCUT2D eigenvalue weighted by atomic mass is 9.84. The van der Waals surface area contributed by atoms with Gasteiger partial charge in [-0.1, -0.05) is 26.0 Å². The Bertz CT molecular complexity index is 333. The van der Waals surface area contributed by atoms with Gasteiger partial charge in [0.05, 0.1) is 11.1 Å². The highest BCUT2D eigenvalue weighted by molar-refractivity contribution is 9.10. The van der Waals surface area contributed by atoms with Gasteiger partial charge in [0.1, 0.15) is 5.75 Å². The van der Waals surface area contributed by atoms with Crippen molar-refractivity contribution in [3.05, 3.63) is 28.2 Å². The Balaban J connectivity index is 2.44. The van der Waals surface area contributed by atoms with Gasteiger partial charge in [-0.3, -0.25) is 0 Å². The van der Waals surface area contributed by atoms with Crippen LogP contribution in [0.3, 0.4) is 0 Å². The molecule has 0 aromatic heterocycles. The average molecular weight is 255 g/mol. The summed E-state index contributed by atoms with van der Waals surface area (Å²) in [6, 6.07) is 6.32. The molecule has 0 amide bonds. The molecule has 1 aliphatic rings. The molecule has 0 spiro atoms. The average Bonchev–Trinajstić information content (AvgIpc) is 2.17. The number of benzene rings is 1. The van der Waals surface area contributed by atoms with E-state index in [1.54, 1.807) is 0 Å². The molecule has 0 bridgehead atoms. The highest BCUT2D eigenvalue weighted by Gasteiger charge is 2.25. The third kappa shape index (κ3) is 1.68. The van der Waals surface area contributed by atoms with E-state index in [-0.39, 0.29) is 0 Å². The fourth-order valence-electron chi connectivity index (χ4n) is 2.11. The molecule has 1 nitrogen and oxygen atoms in total. The predicted octanol–water partition coefficient (Wildman–Crippen LogP) is 3.97. The minimum Gasteiger partial charge on any atom is -0.492 e. The lowest BCUT2D eigenvalue weighted by Gasteiger charge is -2.29. The van der Waals surface area contributed by atoms with Gasteiger partial charge in [0.15, 0.2) is 0 Å². The Morgan fingerprint density at radius 3 is 2.93 bits per heavy atom. The summed E-state index contributed by atoms with van der Waals surface area (Å²) in [5.41, 5.74) is 1.36. The molecule has 1 aliphatic heterocycles. The summed E-state index contributed by atoms with van der Waals surface area (Å²) >= 11 is 3.53. The molecule has 1 heterocycles. The van der Waals surface area contributed by atoms with E-state index >= 15 is 0 Å². The van der Waals surface area contributed by atoms with Gasteiger partial charge in [0.25, 0.3) is 0 Å². The van der Waals surface area contributed by atoms with E-state index in [9.17, 15) is 0 Å². The second-order valence-corrected chi connectivity index (χ2v) is 5.00. The van der Waals surface area contributed by atoms with Crippen molar-refractivity contribution >= 4 is 15.9 Å². The highest BCUT2D eigenvalue weighted by atomic mass is 79.9. The quantitative estimate of drug-likeness (QED) is 0.737. The first-order chi connectivity index (χ1) is 6.70. The topological polar surface area (TPSA) is 9.23 Å². The van der Waals surface area contributed by atoms with Crippen molar-refractivity contribution in [3.8, 4) is 5.75 Å². The zero-order chi connectivity index (χ0) is 10.1. The summed E-state index contributed by atoms with van der Waals surface area (Å²) in [5, 5.41) is 0. The lowest BCUT2D eigenvalue weighted by molar-refractivity contribution is 0.246. The second-order valence-electron chi connectivity index (χ2n) is 4.15. The first-order valence-electron chi connectivity index (χ1n) is 5.11. The summed E-state index contributed by atoms with van der Waals surface area (Å²) in [5.74, 6) is 2.39. The zero-order valence-electron chi connectivity index (χ0n) is 8.59. The summed E-state index contributed by atoms with van der Waals surface area (Å²) in [6.45, 7) is 5.40. The van der Waals surface area contributed by atoms with Crippen LogP contribution in [0.4, 0.5) is 0 Å². The smallest absolute Gasteiger partial charge is 0.136 e. The predicted molar refractivity (Wildman–Crippen MR) is 61.8 cm³/mol. The number of hydrogen-bond acceptors (Lipinski definition) is 1. The van der Waals surface area contributed by atoms with Crippen LogP contribution in [-0.2, 0) is 0 Å². The van der Waals surface area contributed by atoms with Gasteiger partial charge in [-0.2, -0.15) is 0 Å². The second kappa shape index (κ2) is 3.93. The molecule has 0 N–H and O–H groups in total. The van der Waals surface area contributed by atoms with Gasteiger partial charge < -0.3 is 4.74 Å². The summed E-state index contributed by atoms with van der Waals surface area (Å²) in [6.07, 6.45) is 1.14. The monoisotopic (exact) mass is 254 g/mol. The molecule has 0 radical (unpaired) electrons. The molecule has 1 aromatic carbocycles. The lowest BCUT2D eigenvalue weighted by Crippen LogP contribution is -2.18. The normalized spacial score (nSPS) is 20.4. The fourth-order valence-corrected chi connectivity index (χ4v) is 2.60. The summed E-state index contributed by atoms with van der Waals surface area (Å²) in [4.78, 5) is 0. The SMILES string of the molecule is CC(C)C1CCOc2c(Br)cccc21. The Kier molecular flexibility index (Phi) is 2.82. The van der Waals surface area contributed by atoms with Gasteiger partial charge in [-0.25, -0.2) is 0 Å². The van der Waals surface area contributed by atoms with E-state index in [2.05, 4.69) is 41.9 Å². The Morgan fingerprint density at radius 1 is 1.43 bits per heavy atom. The van der Waals surface area contributed by atoms with Crippen LogP contribution in [0, 0.1) is 5.92 Å². The molecule has 14 heavy (non-hydrogen) atoms. The minimum atomic E-state index is 0.649. The van der Waals surface area contributed by atoms with E-state index in [4.69, 9.17) is 4.74 Å². The van der Waals surface area contributed by atoms with Crippen LogP contribution >= 0.6 is 15.9 Å². The van der Waals surface area contributed by atoms with Crippen LogP contribution in [0.5, 0.6) is 5.75 Å². The first-order valence-corrected chi connectivity index (χ1v) is 5.90. The van der Waals surface area contributed by atoms with Crippen molar-refractivity contribution in [2.75, 3.05) is 6.61 Å². The minimum absolute atomic E-state index is 0.649. The van der Waals surface area contributed by atoms with E-state index < -0.39 is 0 Å². The van der Waals surface area contributed by atoms with Crippen LogP contribution in [-0.4, -0.2) is 6.61 Å². The Morgan fingerprint density at radius 2 is 2.21 bits per heavy atom. The van der Waals surface area contributed by atoms with Gasteiger partial charge in [-0.05, 0) is 45.8 Å². The summed E-state index contributed by atoms with van der Waals surface area (Å²) < 4.78 is 6.77. The molecular weight excluding hydrogens is 240 g/mol. The van der Waals surface area contributed by atoms with Crippen molar-refractivity contribution in [3.63, 3.8) is 0 Å². The zero-order valence-corrected chi connectivity index (χ0v) is 10.2. The van der Waals surface area contributed by atoms with Gasteiger partial charge in [0.2, 0.25) is 0 Å². The Hall–Kier alpha value is -0.500. The number of ether oxygens (including phenoxy) is 1. The molecule has 76 valence electrons. The number of rotatable bonds is 1. The van der Waals surface area contributed by atoms with Crippen molar-refractivity contribution < 1.29 is 4.74 Å². The number of hydrogen-bond donors (Lipinski definition) is 0. The van der Waals surface area contributed by atoms with Crippen molar-refractivity contribution in [1.82, 2.24) is 0 Å². The van der Waals surface area contributed by atoms with E-state index in [0.717, 1.165) is 23.2 Å². The van der Waals surface area contributed by atoms with Crippen LogP contribution < -0.4 is 4.74 Å². The molecule has 0 saturated carbocycles. The van der Waals surface area contributed by atoms with E-state index in [1.807, 2.05) is 6.07 Å². The maximum absolute atomic E-state index is 5.69. The standard InChI is InChI=1S/C12H15BrO/c1-8(2)9-6-7-14-12-10(9)4-3-5-11(12)13/h3-5,8-9H,6-7H2,1-2H3.